The molecular weight excluding hydrogens is 1320 g/mol. The minimum atomic E-state index is -1.62. The van der Waals surface area contributed by atoms with Gasteiger partial charge in [0.15, 0.2) is 12.4 Å². The van der Waals surface area contributed by atoms with E-state index in [9.17, 15) is 19.5 Å². The number of nitrogens with zero attached hydrogens (tertiary/aromatic N) is 1. The number of ether oxygens (including phenoxy) is 4. The van der Waals surface area contributed by atoms with E-state index in [2.05, 4.69) is 74.6 Å². The van der Waals surface area contributed by atoms with Gasteiger partial charge in [-0.2, -0.15) is 0 Å². The molecule has 0 fully saturated rings. The van der Waals surface area contributed by atoms with Gasteiger partial charge >= 0.3 is 11.9 Å². The zero-order valence-corrected chi connectivity index (χ0v) is 72.3. The number of carboxylic acid groups (broad SMARTS) is 1. The second-order valence-corrected chi connectivity index (χ2v) is 33.6. The molecule has 628 valence electrons. The fraction of sp³-hybridized carbons (Fsp3) is 0.867. The number of rotatable bonds is 90. The molecule has 0 rings (SSSR count). The SMILES string of the molecule is CC/C=C\C/C=C\C/C=C\C/C=C\CCCCCCCCCCCCCCCCCCCCCCCCCCCCCCC(=O)OC(COC(=O)CCCCCCCCCCCCCCCCCCCCCCCCCCCCCCC/C=C\CCCCCCCCCC)COC(OCC[N+](C)(C)C)C(=O)[O-]. The number of likely N-dealkylation sites (N-methyl/N-ethyl adjacent to an activating group) is 1. The Hall–Kier alpha value is -3.01. The molecule has 9 nitrogen and oxygen atoms in total. The molecule has 0 saturated carbocycles. The fourth-order valence-corrected chi connectivity index (χ4v) is 14.6. The Kier molecular flexibility index (Phi) is 86.1. The van der Waals surface area contributed by atoms with Crippen molar-refractivity contribution in [3.8, 4) is 0 Å². The minimum Gasteiger partial charge on any atom is -0.545 e. The van der Waals surface area contributed by atoms with Crippen LogP contribution in [-0.2, 0) is 33.3 Å². The molecule has 0 spiro atoms. The maximum absolute atomic E-state index is 13.0. The number of hydrogen-bond donors (Lipinski definition) is 0. The van der Waals surface area contributed by atoms with E-state index in [1.165, 1.54) is 398 Å². The van der Waals surface area contributed by atoms with Gasteiger partial charge in [-0.3, -0.25) is 9.59 Å². The van der Waals surface area contributed by atoms with E-state index < -0.39 is 24.3 Å². The van der Waals surface area contributed by atoms with E-state index in [1.807, 2.05) is 21.1 Å². The molecule has 0 aromatic carbocycles. The molecule has 0 saturated heterocycles. The number of esters is 2. The molecule has 0 N–H and O–H groups in total. The van der Waals surface area contributed by atoms with Gasteiger partial charge in [-0.25, -0.2) is 0 Å². The molecule has 0 aliphatic carbocycles. The van der Waals surface area contributed by atoms with E-state index in [0.717, 1.165) is 64.2 Å². The van der Waals surface area contributed by atoms with Crippen LogP contribution in [0.4, 0.5) is 0 Å². The lowest BCUT2D eigenvalue weighted by Gasteiger charge is -2.26. The molecule has 0 amide bonds. The summed E-state index contributed by atoms with van der Waals surface area (Å²) in [7, 11) is 5.96. The van der Waals surface area contributed by atoms with Gasteiger partial charge in [0.2, 0.25) is 0 Å². The van der Waals surface area contributed by atoms with Crippen molar-refractivity contribution in [2.24, 2.45) is 0 Å². The molecular formula is C98H183NO8. The van der Waals surface area contributed by atoms with Crippen molar-refractivity contribution in [1.29, 1.82) is 0 Å². The zero-order chi connectivity index (χ0) is 77.4. The van der Waals surface area contributed by atoms with Crippen LogP contribution in [0.2, 0.25) is 0 Å². The van der Waals surface area contributed by atoms with Gasteiger partial charge in [-0.15, -0.1) is 0 Å². The summed E-state index contributed by atoms with van der Waals surface area (Å²) in [5.74, 6) is -2.24. The van der Waals surface area contributed by atoms with Crippen molar-refractivity contribution in [1.82, 2.24) is 0 Å². The predicted octanol–water partition coefficient (Wildman–Crippen LogP) is 29.9. The highest BCUT2D eigenvalue weighted by Gasteiger charge is 2.22. The van der Waals surface area contributed by atoms with Gasteiger partial charge in [-0.1, -0.05) is 460 Å². The molecule has 2 unspecified atom stereocenters. The molecule has 0 heterocycles. The topological polar surface area (TPSA) is 111 Å². The van der Waals surface area contributed by atoms with Crippen LogP contribution in [0.3, 0.4) is 0 Å². The maximum atomic E-state index is 13.0. The van der Waals surface area contributed by atoms with Crippen LogP contribution in [-0.4, -0.2) is 82.3 Å². The van der Waals surface area contributed by atoms with Crippen LogP contribution >= 0.6 is 0 Å². The summed E-state index contributed by atoms with van der Waals surface area (Å²) in [5, 5.41) is 11.9. The van der Waals surface area contributed by atoms with Crippen LogP contribution in [0.5, 0.6) is 0 Å². The first-order chi connectivity index (χ1) is 52.6. The first-order valence-corrected chi connectivity index (χ1v) is 47.4. The van der Waals surface area contributed by atoms with E-state index >= 15 is 0 Å². The molecule has 0 aromatic rings. The van der Waals surface area contributed by atoms with Gasteiger partial charge < -0.3 is 33.3 Å². The third kappa shape index (κ3) is 90.1. The predicted molar refractivity (Wildman–Crippen MR) is 463 cm³/mol. The number of allylic oxidation sites excluding steroid dienone is 10. The number of carbonyl (C=O) groups is 3. The van der Waals surface area contributed by atoms with Crippen LogP contribution in [0.25, 0.3) is 0 Å². The molecule has 0 radical (unpaired) electrons. The molecule has 0 aliphatic rings. The highest BCUT2D eigenvalue weighted by Crippen LogP contribution is 2.21. The van der Waals surface area contributed by atoms with Crippen molar-refractivity contribution in [2.75, 3.05) is 47.5 Å². The molecule has 0 aliphatic heterocycles. The van der Waals surface area contributed by atoms with E-state index in [4.69, 9.17) is 18.9 Å². The maximum Gasteiger partial charge on any atom is 0.306 e. The second-order valence-electron chi connectivity index (χ2n) is 33.6. The number of carbonyl (C=O) groups excluding carboxylic acids is 3. The lowest BCUT2D eigenvalue weighted by Crippen LogP contribution is -2.44. The molecule has 2 atom stereocenters. The summed E-state index contributed by atoms with van der Waals surface area (Å²) in [6, 6.07) is 0. The summed E-state index contributed by atoms with van der Waals surface area (Å²) in [4.78, 5) is 37.7. The van der Waals surface area contributed by atoms with Crippen LogP contribution in [0.1, 0.15) is 489 Å². The van der Waals surface area contributed by atoms with Crippen LogP contribution in [0.15, 0.2) is 60.8 Å². The number of unbranched alkanes of at least 4 members (excludes halogenated alkanes) is 65. The Bertz CT molecular complexity index is 1950. The molecule has 0 aromatic heterocycles. The van der Waals surface area contributed by atoms with Crippen molar-refractivity contribution in [3.63, 3.8) is 0 Å². The third-order valence-electron chi connectivity index (χ3n) is 21.7. The highest BCUT2D eigenvalue weighted by molar-refractivity contribution is 5.70. The summed E-state index contributed by atoms with van der Waals surface area (Å²) in [5.41, 5.74) is 0. The molecule has 9 heteroatoms. The summed E-state index contributed by atoms with van der Waals surface area (Å²) in [6.07, 6.45) is 117. The fourth-order valence-electron chi connectivity index (χ4n) is 14.6. The first-order valence-electron chi connectivity index (χ1n) is 47.4. The van der Waals surface area contributed by atoms with Gasteiger partial charge in [-0.05, 0) is 77.0 Å². The van der Waals surface area contributed by atoms with Crippen molar-refractivity contribution >= 4 is 17.9 Å². The Labute approximate surface area is 666 Å². The Morgan fingerprint density at radius 2 is 0.533 bits per heavy atom. The van der Waals surface area contributed by atoms with Gasteiger partial charge in [0.25, 0.3) is 0 Å². The number of quaternary nitrogens is 1. The van der Waals surface area contributed by atoms with Crippen LogP contribution in [0, 0.1) is 0 Å². The summed E-state index contributed by atoms with van der Waals surface area (Å²) in [6.45, 7) is 4.72. The van der Waals surface area contributed by atoms with E-state index in [0.29, 0.717) is 17.4 Å². The average molecular weight is 1500 g/mol. The number of carboxylic acids is 1. The minimum absolute atomic E-state index is 0.151. The van der Waals surface area contributed by atoms with E-state index in [1.54, 1.807) is 0 Å². The lowest BCUT2D eigenvalue weighted by atomic mass is 10.0. The second kappa shape index (κ2) is 88.6. The average Bonchev–Trinajstić information content (AvgIpc) is 0.965. The third-order valence-corrected chi connectivity index (χ3v) is 21.7. The normalized spacial score (nSPS) is 12.8. The standard InChI is InChI=1S/C98H183NO8/c1-6-8-10-12-14-16-18-20-22-24-26-28-30-32-34-36-38-40-42-44-46-48-50-52-54-56-58-60-62-64-66-68-70-72-74-76-78-80-82-84-86-88-95(100)105-92-94(93-106-98(97(102)103)104-91-90-99(3,4)5)107-96(101)89-87-85-83-81-79-77-75-73-71-69-67-65-63-61-59-57-55-53-51-49-47-45-43-41-39-37-35-33-31-29-27-25-23-21-19-17-15-13-11-9-7-2/h9,11,15,17,21,23-24,26-27,29,94,98H,6-8,10,12-14,16,18-20,22,25,28,30-93H2,1-5H3/b11-9-,17-15-,23-21-,26-24-,29-27-. The largest absolute Gasteiger partial charge is 0.545 e. The number of hydrogen-bond acceptors (Lipinski definition) is 8. The van der Waals surface area contributed by atoms with Gasteiger partial charge in [0, 0.05) is 12.8 Å². The Morgan fingerprint density at radius 1 is 0.290 bits per heavy atom. The lowest BCUT2D eigenvalue weighted by molar-refractivity contribution is -0.870. The monoisotopic (exact) mass is 1500 g/mol. The molecule has 107 heavy (non-hydrogen) atoms. The highest BCUT2D eigenvalue weighted by atomic mass is 16.7. The van der Waals surface area contributed by atoms with Crippen molar-refractivity contribution in [3.05, 3.63) is 60.8 Å². The zero-order valence-electron chi connectivity index (χ0n) is 72.3. The van der Waals surface area contributed by atoms with Crippen LogP contribution < -0.4 is 5.11 Å². The van der Waals surface area contributed by atoms with Crippen molar-refractivity contribution < 1.29 is 42.9 Å². The molecule has 0 bridgehead atoms. The smallest absolute Gasteiger partial charge is 0.306 e. The Balaban J connectivity index is 3.86. The van der Waals surface area contributed by atoms with Crippen molar-refractivity contribution in [2.45, 2.75) is 501 Å². The Morgan fingerprint density at radius 3 is 0.804 bits per heavy atom. The number of aliphatic carboxylic acids is 1. The van der Waals surface area contributed by atoms with Gasteiger partial charge in [0.05, 0.1) is 40.3 Å². The summed E-state index contributed by atoms with van der Waals surface area (Å²) < 4.78 is 23.0. The van der Waals surface area contributed by atoms with E-state index in [-0.39, 0.29) is 32.2 Å². The summed E-state index contributed by atoms with van der Waals surface area (Å²) >= 11 is 0. The van der Waals surface area contributed by atoms with Gasteiger partial charge in [0.1, 0.15) is 13.2 Å². The first kappa shape index (κ1) is 104. The quantitative estimate of drug-likeness (QED) is 0.0195.